The number of benzene rings is 2. The van der Waals surface area contributed by atoms with E-state index < -0.39 is 5.82 Å². The van der Waals surface area contributed by atoms with Crippen molar-refractivity contribution in [1.29, 1.82) is 0 Å². The number of nitrogens with one attached hydrogen (secondary N) is 2. The number of anilines is 4. The minimum atomic E-state index is -0.508. The minimum Gasteiger partial charge on any atom is -0.481 e. The molecule has 0 fully saturated rings. The first-order valence-corrected chi connectivity index (χ1v) is 8.98. The molecule has 0 saturated heterocycles. The van der Waals surface area contributed by atoms with Gasteiger partial charge in [0.2, 0.25) is 5.95 Å². The van der Waals surface area contributed by atoms with Crippen LogP contribution in [0.4, 0.5) is 27.5 Å². The number of aromatic nitrogens is 2. The van der Waals surface area contributed by atoms with Crippen molar-refractivity contribution in [1.82, 2.24) is 9.97 Å². The summed E-state index contributed by atoms with van der Waals surface area (Å²) in [5.41, 5.74) is 2.22. The molecule has 0 radical (unpaired) electrons. The lowest BCUT2D eigenvalue weighted by molar-refractivity contribution is -0.118. The third-order valence-electron chi connectivity index (χ3n) is 3.92. The number of rotatable bonds is 7. The summed E-state index contributed by atoms with van der Waals surface area (Å²) in [6.45, 7) is 1.62. The Kier molecular flexibility index (Phi) is 6.23. The van der Waals surface area contributed by atoms with Gasteiger partial charge in [-0.3, -0.25) is 4.79 Å². The van der Waals surface area contributed by atoms with Gasteiger partial charge in [-0.1, -0.05) is 12.1 Å². The average Bonchev–Trinajstić information content (AvgIpc) is 2.68. The summed E-state index contributed by atoms with van der Waals surface area (Å²) >= 11 is 0. The second-order valence-electron chi connectivity index (χ2n) is 6.56. The Bertz CT molecular complexity index is 993. The molecule has 0 aliphatic carbocycles. The van der Waals surface area contributed by atoms with Crippen LogP contribution in [0.3, 0.4) is 0 Å². The van der Waals surface area contributed by atoms with Crippen LogP contribution in [0.5, 0.6) is 5.75 Å². The van der Waals surface area contributed by atoms with Crippen LogP contribution in [0.1, 0.15) is 5.69 Å². The summed E-state index contributed by atoms with van der Waals surface area (Å²) in [6, 6.07) is 14.9. The maximum absolute atomic E-state index is 13.5. The summed E-state index contributed by atoms with van der Waals surface area (Å²) < 4.78 is 18.7. The lowest BCUT2D eigenvalue weighted by Crippen LogP contribution is -2.20. The van der Waals surface area contributed by atoms with Crippen LogP contribution in [0.15, 0.2) is 54.6 Å². The first-order chi connectivity index (χ1) is 13.9. The second kappa shape index (κ2) is 9.01. The fourth-order valence-corrected chi connectivity index (χ4v) is 2.51. The molecule has 0 unspecified atom stereocenters. The van der Waals surface area contributed by atoms with E-state index in [2.05, 4.69) is 20.6 Å². The number of carbonyl (C=O) groups is 1. The fraction of sp³-hybridized carbons (Fsp3) is 0.190. The molecule has 29 heavy (non-hydrogen) atoms. The fourth-order valence-electron chi connectivity index (χ4n) is 2.51. The number of hydrogen-bond acceptors (Lipinski definition) is 6. The van der Waals surface area contributed by atoms with Crippen LogP contribution in [-0.4, -0.2) is 36.6 Å². The first-order valence-electron chi connectivity index (χ1n) is 8.98. The van der Waals surface area contributed by atoms with Gasteiger partial charge < -0.3 is 20.3 Å². The number of aryl methyl sites for hydroxylation is 1. The van der Waals surface area contributed by atoms with E-state index in [1.807, 2.05) is 32.0 Å². The summed E-state index contributed by atoms with van der Waals surface area (Å²) in [7, 11) is 3.83. The van der Waals surface area contributed by atoms with Gasteiger partial charge in [0.05, 0.1) is 0 Å². The van der Waals surface area contributed by atoms with Crippen LogP contribution >= 0.6 is 0 Å². The number of halogens is 1. The summed E-state index contributed by atoms with van der Waals surface area (Å²) in [5.74, 6) is 0.443. The molecule has 8 heteroatoms. The van der Waals surface area contributed by atoms with Gasteiger partial charge in [0.25, 0.3) is 5.91 Å². The molecule has 2 aromatic carbocycles. The molecule has 3 aromatic rings. The zero-order chi connectivity index (χ0) is 20.8. The van der Waals surface area contributed by atoms with E-state index in [9.17, 15) is 9.18 Å². The largest absolute Gasteiger partial charge is 0.481 e. The molecular formula is C21H22FN5O2. The van der Waals surface area contributed by atoms with Gasteiger partial charge in [0.15, 0.2) is 18.2 Å². The minimum absolute atomic E-state index is 0.0393. The summed E-state index contributed by atoms with van der Waals surface area (Å²) in [5, 5.41) is 5.85. The smallest absolute Gasteiger partial charge is 0.262 e. The Morgan fingerprint density at radius 3 is 2.45 bits per heavy atom. The summed E-state index contributed by atoms with van der Waals surface area (Å²) in [4.78, 5) is 22.7. The number of amides is 1. The SMILES string of the molecule is Cc1cc(N(C)C)nc(Nc2ccc(NC(=O)COc3ccccc3F)cc2)n1. The molecular weight excluding hydrogens is 373 g/mol. The van der Waals surface area contributed by atoms with Crippen LogP contribution < -0.4 is 20.3 Å². The van der Waals surface area contributed by atoms with E-state index in [0.717, 1.165) is 17.2 Å². The Morgan fingerprint density at radius 1 is 1.07 bits per heavy atom. The molecule has 0 spiro atoms. The van der Waals surface area contributed by atoms with E-state index >= 15 is 0 Å². The number of para-hydroxylation sites is 1. The topological polar surface area (TPSA) is 79.4 Å². The molecule has 1 amide bonds. The summed E-state index contributed by atoms with van der Waals surface area (Å²) in [6.07, 6.45) is 0. The van der Waals surface area contributed by atoms with E-state index in [0.29, 0.717) is 11.6 Å². The molecule has 1 heterocycles. The lowest BCUT2D eigenvalue weighted by atomic mass is 10.3. The van der Waals surface area contributed by atoms with Gasteiger partial charge in [0, 0.05) is 37.2 Å². The number of hydrogen-bond donors (Lipinski definition) is 2. The molecule has 0 aliphatic heterocycles. The maximum atomic E-state index is 13.5. The van der Waals surface area contributed by atoms with Gasteiger partial charge >= 0.3 is 0 Å². The molecule has 0 atom stereocenters. The molecule has 1 aromatic heterocycles. The number of ether oxygens (including phenoxy) is 1. The Morgan fingerprint density at radius 2 is 1.76 bits per heavy atom. The lowest BCUT2D eigenvalue weighted by Gasteiger charge is -2.14. The molecule has 0 bridgehead atoms. The quantitative estimate of drug-likeness (QED) is 0.634. The maximum Gasteiger partial charge on any atom is 0.262 e. The molecule has 150 valence electrons. The molecule has 0 saturated carbocycles. The third kappa shape index (κ3) is 5.65. The highest BCUT2D eigenvalue weighted by molar-refractivity contribution is 5.92. The van der Waals surface area contributed by atoms with Crippen molar-refractivity contribution in [2.45, 2.75) is 6.92 Å². The van der Waals surface area contributed by atoms with Gasteiger partial charge in [-0.25, -0.2) is 9.37 Å². The van der Waals surface area contributed by atoms with Crippen molar-refractivity contribution in [3.8, 4) is 5.75 Å². The highest BCUT2D eigenvalue weighted by Crippen LogP contribution is 2.19. The number of carbonyl (C=O) groups excluding carboxylic acids is 1. The monoisotopic (exact) mass is 395 g/mol. The van der Waals surface area contributed by atoms with Gasteiger partial charge in [-0.15, -0.1) is 0 Å². The van der Waals surface area contributed by atoms with E-state index in [4.69, 9.17) is 4.74 Å². The predicted octanol–water partition coefficient (Wildman–Crippen LogP) is 3.75. The number of nitrogens with zero attached hydrogens (tertiary/aromatic N) is 3. The highest BCUT2D eigenvalue weighted by atomic mass is 19.1. The zero-order valence-electron chi connectivity index (χ0n) is 16.4. The normalized spacial score (nSPS) is 10.3. The van der Waals surface area contributed by atoms with Gasteiger partial charge in [-0.2, -0.15) is 4.98 Å². The van der Waals surface area contributed by atoms with Crippen molar-refractivity contribution in [2.24, 2.45) is 0 Å². The average molecular weight is 395 g/mol. The van der Waals surface area contributed by atoms with Crippen LogP contribution in [0.25, 0.3) is 0 Å². The molecule has 3 rings (SSSR count). The van der Waals surface area contributed by atoms with Crippen LogP contribution in [-0.2, 0) is 4.79 Å². The van der Waals surface area contributed by atoms with E-state index in [1.54, 1.807) is 36.4 Å². The third-order valence-corrected chi connectivity index (χ3v) is 3.92. The predicted molar refractivity (Wildman–Crippen MR) is 111 cm³/mol. The Hall–Kier alpha value is -3.68. The van der Waals surface area contributed by atoms with Crippen LogP contribution in [0, 0.1) is 12.7 Å². The van der Waals surface area contributed by atoms with Crippen LogP contribution in [0.2, 0.25) is 0 Å². The van der Waals surface area contributed by atoms with Crippen molar-refractivity contribution < 1.29 is 13.9 Å². The van der Waals surface area contributed by atoms with Crippen molar-refractivity contribution in [2.75, 3.05) is 36.2 Å². The van der Waals surface area contributed by atoms with Crippen molar-refractivity contribution in [3.05, 3.63) is 66.1 Å². The highest BCUT2D eigenvalue weighted by Gasteiger charge is 2.08. The molecule has 7 nitrogen and oxygen atoms in total. The second-order valence-corrected chi connectivity index (χ2v) is 6.56. The molecule has 2 N–H and O–H groups in total. The molecule has 0 aliphatic rings. The van der Waals surface area contributed by atoms with Crippen molar-refractivity contribution in [3.63, 3.8) is 0 Å². The van der Waals surface area contributed by atoms with Gasteiger partial charge in [0.1, 0.15) is 5.82 Å². The first kappa shape index (κ1) is 20.1. The Balaban J connectivity index is 1.57. The standard InChI is InChI=1S/C21H22FN5O2/c1-14-12-19(27(2)3)26-21(23-14)25-16-10-8-15(9-11-16)24-20(28)13-29-18-7-5-4-6-17(18)22/h4-12H,13H2,1-3H3,(H,24,28)(H,23,25,26). The Labute approximate surface area is 168 Å². The van der Waals surface area contributed by atoms with E-state index in [1.165, 1.54) is 12.1 Å². The van der Waals surface area contributed by atoms with E-state index in [-0.39, 0.29) is 18.3 Å². The zero-order valence-corrected chi connectivity index (χ0v) is 16.4. The van der Waals surface area contributed by atoms with Gasteiger partial charge in [-0.05, 0) is 43.3 Å². The van der Waals surface area contributed by atoms with Crippen molar-refractivity contribution >= 4 is 29.0 Å².